The van der Waals surface area contributed by atoms with Crippen molar-refractivity contribution in [3.8, 4) is 17.2 Å². The molecule has 0 heterocycles. The highest BCUT2D eigenvalue weighted by Crippen LogP contribution is 2.28. The van der Waals surface area contributed by atoms with Crippen molar-refractivity contribution >= 4 is 11.7 Å². The zero-order chi connectivity index (χ0) is 20.6. The van der Waals surface area contributed by atoms with Gasteiger partial charge in [0.15, 0.2) is 23.9 Å². The van der Waals surface area contributed by atoms with E-state index in [0.717, 1.165) is 24.2 Å². The Morgan fingerprint density at radius 1 is 1.03 bits per heavy atom. The maximum atomic E-state index is 12.2. The van der Waals surface area contributed by atoms with Crippen LogP contribution in [0.25, 0.3) is 0 Å². The number of amides is 1. The minimum absolute atomic E-state index is 0.0638. The molecule has 0 bridgehead atoms. The Balaban J connectivity index is 1.54. The summed E-state index contributed by atoms with van der Waals surface area (Å²) in [6.07, 6.45) is 4.84. The summed E-state index contributed by atoms with van der Waals surface area (Å²) < 4.78 is 16.9. The Morgan fingerprint density at radius 3 is 2.52 bits per heavy atom. The van der Waals surface area contributed by atoms with Gasteiger partial charge in [0.25, 0.3) is 5.91 Å². The van der Waals surface area contributed by atoms with Crippen molar-refractivity contribution in [3.05, 3.63) is 53.6 Å². The van der Waals surface area contributed by atoms with E-state index in [4.69, 9.17) is 14.2 Å². The monoisotopic (exact) mass is 397 g/mol. The molecule has 29 heavy (non-hydrogen) atoms. The van der Waals surface area contributed by atoms with E-state index >= 15 is 0 Å². The van der Waals surface area contributed by atoms with Gasteiger partial charge >= 0.3 is 0 Å². The fourth-order valence-corrected chi connectivity index (χ4v) is 3.34. The van der Waals surface area contributed by atoms with Gasteiger partial charge in [-0.25, -0.2) is 0 Å². The molecule has 0 radical (unpaired) electrons. The van der Waals surface area contributed by atoms with E-state index in [0.29, 0.717) is 23.6 Å². The van der Waals surface area contributed by atoms with Crippen molar-refractivity contribution in [2.24, 2.45) is 0 Å². The van der Waals surface area contributed by atoms with Gasteiger partial charge in [0, 0.05) is 17.7 Å². The Bertz CT molecular complexity index is 858. The highest BCUT2D eigenvalue weighted by atomic mass is 16.5. The van der Waals surface area contributed by atoms with Crippen LogP contribution in [0.3, 0.4) is 0 Å². The molecule has 6 nitrogen and oxygen atoms in total. The number of hydrogen-bond acceptors (Lipinski definition) is 5. The summed E-state index contributed by atoms with van der Waals surface area (Å²) in [7, 11) is 1.49. The highest BCUT2D eigenvalue weighted by molar-refractivity contribution is 5.94. The van der Waals surface area contributed by atoms with Crippen molar-refractivity contribution in [3.63, 3.8) is 0 Å². The second-order valence-electron chi connectivity index (χ2n) is 7.12. The van der Waals surface area contributed by atoms with E-state index in [9.17, 15) is 9.59 Å². The molecular weight excluding hydrogens is 370 g/mol. The summed E-state index contributed by atoms with van der Waals surface area (Å²) in [5, 5.41) is 2.86. The van der Waals surface area contributed by atoms with Gasteiger partial charge < -0.3 is 19.5 Å². The summed E-state index contributed by atoms with van der Waals surface area (Å²) in [6, 6.07) is 12.7. The number of nitrogens with one attached hydrogen (secondary N) is 1. The Morgan fingerprint density at radius 2 is 1.79 bits per heavy atom. The Kier molecular flexibility index (Phi) is 7.11. The molecule has 3 rings (SSSR count). The smallest absolute Gasteiger partial charge is 0.258 e. The summed E-state index contributed by atoms with van der Waals surface area (Å²) in [5.41, 5.74) is 1.47. The van der Waals surface area contributed by atoms with E-state index in [2.05, 4.69) is 5.32 Å². The molecule has 1 aliphatic carbocycles. The molecule has 154 valence electrons. The molecule has 2 aromatic carbocycles. The Labute approximate surface area is 171 Å². The fourth-order valence-electron chi connectivity index (χ4n) is 3.34. The van der Waals surface area contributed by atoms with Crippen molar-refractivity contribution in [1.82, 2.24) is 5.32 Å². The van der Waals surface area contributed by atoms with Gasteiger partial charge in [-0.1, -0.05) is 18.2 Å². The van der Waals surface area contributed by atoms with Crippen LogP contribution in [0.1, 0.15) is 48.5 Å². The number of carbonyl (C=O) groups excluding carboxylic acids is 2. The quantitative estimate of drug-likeness (QED) is 0.650. The first-order valence-electron chi connectivity index (χ1n) is 9.90. The maximum Gasteiger partial charge on any atom is 0.258 e. The molecule has 0 unspecified atom stereocenters. The molecule has 0 aromatic heterocycles. The summed E-state index contributed by atoms with van der Waals surface area (Å²) in [4.78, 5) is 23.7. The van der Waals surface area contributed by atoms with Gasteiger partial charge in [0.1, 0.15) is 5.75 Å². The lowest BCUT2D eigenvalue weighted by Gasteiger charge is -2.17. The third kappa shape index (κ3) is 5.73. The number of ether oxygens (including phenoxy) is 3. The maximum absolute atomic E-state index is 12.2. The minimum atomic E-state index is -0.252. The van der Waals surface area contributed by atoms with Gasteiger partial charge in [-0.05, 0) is 56.9 Å². The van der Waals surface area contributed by atoms with Gasteiger partial charge in [0.2, 0.25) is 0 Å². The van der Waals surface area contributed by atoms with Crippen LogP contribution in [-0.4, -0.2) is 31.5 Å². The van der Waals surface area contributed by atoms with Crippen molar-refractivity contribution in [2.75, 3.05) is 13.7 Å². The first-order chi connectivity index (χ1) is 14.1. The van der Waals surface area contributed by atoms with Crippen molar-refractivity contribution < 1.29 is 23.8 Å². The van der Waals surface area contributed by atoms with E-state index in [1.807, 2.05) is 24.3 Å². The summed E-state index contributed by atoms with van der Waals surface area (Å²) in [6.45, 7) is 1.70. The molecule has 0 spiro atoms. The Hall–Kier alpha value is -3.02. The molecule has 1 saturated carbocycles. The first-order valence-corrected chi connectivity index (χ1v) is 9.90. The number of para-hydroxylation sites is 1. The molecule has 2 aromatic rings. The lowest BCUT2D eigenvalue weighted by molar-refractivity contribution is -0.123. The second-order valence-corrected chi connectivity index (χ2v) is 7.12. The summed E-state index contributed by atoms with van der Waals surface area (Å²) in [5.74, 6) is 1.34. The van der Waals surface area contributed by atoms with Crippen LogP contribution in [0.15, 0.2) is 42.5 Å². The molecule has 0 saturated heterocycles. The van der Waals surface area contributed by atoms with Crippen LogP contribution < -0.4 is 19.5 Å². The third-order valence-electron chi connectivity index (χ3n) is 4.97. The van der Waals surface area contributed by atoms with Crippen molar-refractivity contribution in [2.45, 2.75) is 45.3 Å². The third-order valence-corrected chi connectivity index (χ3v) is 4.97. The fraction of sp³-hybridized carbons (Fsp3) is 0.391. The average Bonchev–Trinajstić information content (AvgIpc) is 3.24. The molecule has 6 heteroatoms. The van der Waals surface area contributed by atoms with Gasteiger partial charge in [-0.3, -0.25) is 9.59 Å². The van der Waals surface area contributed by atoms with Gasteiger partial charge in [-0.2, -0.15) is 0 Å². The van der Waals surface area contributed by atoms with E-state index in [-0.39, 0.29) is 24.4 Å². The molecule has 1 N–H and O–H groups in total. The SMILES string of the molecule is COc1cc(C(C)=O)ccc1OCC(=O)NCc1ccccc1OC1CCCC1. The number of Topliss-reactive ketones (excluding diaryl/α,β-unsaturated/α-hetero) is 1. The lowest BCUT2D eigenvalue weighted by Crippen LogP contribution is -2.28. The van der Waals surface area contributed by atoms with E-state index in [1.165, 1.54) is 26.9 Å². The van der Waals surface area contributed by atoms with E-state index < -0.39 is 0 Å². The van der Waals surface area contributed by atoms with Crippen molar-refractivity contribution in [1.29, 1.82) is 0 Å². The van der Waals surface area contributed by atoms with Crippen LogP contribution in [0, 0.1) is 0 Å². The number of ketones is 1. The van der Waals surface area contributed by atoms with Crippen LogP contribution in [-0.2, 0) is 11.3 Å². The topological polar surface area (TPSA) is 73.9 Å². The first kappa shape index (κ1) is 20.7. The van der Waals surface area contributed by atoms with Crippen LogP contribution >= 0.6 is 0 Å². The standard InChI is InChI=1S/C23H27NO5/c1-16(25)17-11-12-21(22(13-17)27-2)28-15-23(26)24-14-18-7-3-6-10-20(18)29-19-8-4-5-9-19/h3,6-7,10-13,19H,4-5,8-9,14-15H2,1-2H3,(H,24,26). The second kappa shape index (κ2) is 9.96. The number of methoxy groups -OCH3 is 1. The molecule has 1 fully saturated rings. The zero-order valence-corrected chi connectivity index (χ0v) is 16.9. The normalized spacial score (nSPS) is 13.7. The van der Waals surface area contributed by atoms with Crippen LogP contribution in [0.2, 0.25) is 0 Å². The predicted octanol–water partition coefficient (Wildman–Crippen LogP) is 3.91. The summed E-state index contributed by atoms with van der Waals surface area (Å²) >= 11 is 0. The minimum Gasteiger partial charge on any atom is -0.493 e. The van der Waals surface area contributed by atoms with Gasteiger partial charge in [-0.15, -0.1) is 0 Å². The predicted molar refractivity (Wildman–Crippen MR) is 110 cm³/mol. The number of benzene rings is 2. The number of carbonyl (C=O) groups is 2. The van der Waals surface area contributed by atoms with E-state index in [1.54, 1.807) is 18.2 Å². The molecule has 0 aliphatic heterocycles. The average molecular weight is 397 g/mol. The largest absolute Gasteiger partial charge is 0.493 e. The zero-order valence-electron chi connectivity index (χ0n) is 16.9. The molecule has 1 amide bonds. The van der Waals surface area contributed by atoms with Crippen LogP contribution in [0.4, 0.5) is 0 Å². The number of hydrogen-bond donors (Lipinski definition) is 1. The highest BCUT2D eigenvalue weighted by Gasteiger charge is 2.18. The number of rotatable bonds is 9. The lowest BCUT2D eigenvalue weighted by atomic mass is 10.1. The van der Waals surface area contributed by atoms with Gasteiger partial charge in [0.05, 0.1) is 13.2 Å². The molecular formula is C23H27NO5. The molecule has 0 atom stereocenters. The molecule has 1 aliphatic rings. The van der Waals surface area contributed by atoms with Crippen LogP contribution in [0.5, 0.6) is 17.2 Å².